The van der Waals surface area contributed by atoms with E-state index < -0.39 is 5.82 Å². The van der Waals surface area contributed by atoms with Gasteiger partial charge in [0.1, 0.15) is 5.82 Å². The van der Waals surface area contributed by atoms with Gasteiger partial charge in [-0.3, -0.25) is 4.79 Å². The van der Waals surface area contributed by atoms with Crippen molar-refractivity contribution in [3.8, 4) is 5.75 Å². The van der Waals surface area contributed by atoms with Gasteiger partial charge in [0.2, 0.25) is 0 Å². The number of ether oxygens (including phenoxy) is 1. The topological polar surface area (TPSA) is 56.2 Å². The molecule has 0 radical (unpaired) electrons. The number of nitrogens with one attached hydrogen (secondary N) is 1. The summed E-state index contributed by atoms with van der Waals surface area (Å²) in [5.74, 6) is -0.195. The minimum atomic E-state index is -0.521. The number of anilines is 1. The highest BCUT2D eigenvalue weighted by molar-refractivity contribution is 9.10. The van der Waals surface area contributed by atoms with E-state index in [2.05, 4.69) is 44.5 Å². The van der Waals surface area contributed by atoms with E-state index in [1.165, 1.54) is 23.3 Å². The van der Waals surface area contributed by atoms with Crippen LogP contribution in [0, 0.1) is 12.7 Å². The molecule has 1 amide bonds. The second-order valence-electron chi connectivity index (χ2n) is 7.14. The number of benzene rings is 2. The highest BCUT2D eigenvalue weighted by Crippen LogP contribution is 2.35. The fraction of sp³-hybridized carbons (Fsp3) is 0.273. The van der Waals surface area contributed by atoms with E-state index in [0.717, 1.165) is 24.8 Å². The molecule has 3 aromatic rings. The summed E-state index contributed by atoms with van der Waals surface area (Å²) in [6.45, 7) is 1.62. The van der Waals surface area contributed by atoms with Gasteiger partial charge >= 0.3 is 0 Å². The first-order chi connectivity index (χ1) is 14.0. The molecule has 1 aromatic heterocycles. The van der Waals surface area contributed by atoms with E-state index in [9.17, 15) is 9.18 Å². The molecule has 0 fully saturated rings. The minimum absolute atomic E-state index is 0.0368. The number of hydrogen-bond acceptors (Lipinski definition) is 3. The molecule has 1 atom stereocenters. The minimum Gasteiger partial charge on any atom is -0.481 e. The Balaban J connectivity index is 1.50. The van der Waals surface area contributed by atoms with Gasteiger partial charge in [-0.15, -0.1) is 0 Å². The molecule has 1 N–H and O–H groups in total. The number of fused-ring (bicyclic) bond motifs is 1. The van der Waals surface area contributed by atoms with Gasteiger partial charge in [-0.05, 0) is 55.5 Å². The van der Waals surface area contributed by atoms with Gasteiger partial charge in [-0.1, -0.05) is 40.2 Å². The second-order valence-corrected chi connectivity index (χ2v) is 8.05. The largest absolute Gasteiger partial charge is 0.481 e. The zero-order chi connectivity index (χ0) is 20.4. The highest BCUT2D eigenvalue weighted by atomic mass is 79.9. The molecule has 0 spiro atoms. The predicted octanol–water partition coefficient (Wildman–Crippen LogP) is 5.04. The molecule has 4 rings (SSSR count). The van der Waals surface area contributed by atoms with Gasteiger partial charge in [-0.25, -0.2) is 9.07 Å². The summed E-state index contributed by atoms with van der Waals surface area (Å²) in [4.78, 5) is 12.5. The van der Waals surface area contributed by atoms with Crippen molar-refractivity contribution >= 4 is 27.7 Å². The number of nitrogens with zero attached hydrogens (tertiary/aromatic N) is 2. The molecule has 1 heterocycles. The number of rotatable bonds is 5. The molecule has 0 aliphatic heterocycles. The van der Waals surface area contributed by atoms with Crippen LogP contribution < -0.4 is 10.1 Å². The Hall–Kier alpha value is -2.67. The Morgan fingerprint density at radius 1 is 1.34 bits per heavy atom. The molecule has 1 aliphatic carbocycles. The van der Waals surface area contributed by atoms with Crippen molar-refractivity contribution in [3.05, 3.63) is 75.6 Å². The lowest BCUT2D eigenvalue weighted by Crippen LogP contribution is -2.25. The summed E-state index contributed by atoms with van der Waals surface area (Å²) in [7, 11) is 0. The smallest absolute Gasteiger partial charge is 0.263 e. The van der Waals surface area contributed by atoms with Crippen molar-refractivity contribution in [2.45, 2.75) is 32.2 Å². The molecular weight excluding hydrogens is 437 g/mol. The number of carbonyl (C=O) groups is 1. The zero-order valence-corrected chi connectivity index (χ0v) is 17.6. The van der Waals surface area contributed by atoms with E-state index in [-0.39, 0.29) is 24.3 Å². The summed E-state index contributed by atoms with van der Waals surface area (Å²) in [5, 5.41) is 7.42. The Morgan fingerprint density at radius 2 is 2.17 bits per heavy atom. The maximum absolute atomic E-state index is 13.9. The molecule has 29 heavy (non-hydrogen) atoms. The normalized spacial score (nSPS) is 15.6. The predicted molar refractivity (Wildman–Crippen MR) is 113 cm³/mol. The molecule has 1 aliphatic rings. The molecule has 0 saturated carbocycles. The summed E-state index contributed by atoms with van der Waals surface area (Å²) in [6, 6.07) is 12.9. The van der Waals surface area contributed by atoms with Gasteiger partial charge in [0.05, 0.1) is 12.2 Å². The number of halogens is 2. The SMILES string of the molecule is Cc1cnn(C2CCCc3ccccc32)c1NC(=O)COc1ccc(Br)cc1F. The van der Waals surface area contributed by atoms with Gasteiger partial charge in [0.15, 0.2) is 18.2 Å². The Bertz CT molecular complexity index is 1050. The first-order valence-corrected chi connectivity index (χ1v) is 10.3. The molecule has 5 nitrogen and oxygen atoms in total. The van der Waals surface area contributed by atoms with Crippen molar-refractivity contribution in [2.24, 2.45) is 0 Å². The monoisotopic (exact) mass is 457 g/mol. The summed E-state index contributed by atoms with van der Waals surface area (Å²) >= 11 is 3.20. The first-order valence-electron chi connectivity index (χ1n) is 9.52. The third-order valence-electron chi connectivity index (χ3n) is 5.12. The van der Waals surface area contributed by atoms with Crippen LogP contribution in [0.3, 0.4) is 0 Å². The van der Waals surface area contributed by atoms with Crippen molar-refractivity contribution in [1.82, 2.24) is 9.78 Å². The van der Waals surface area contributed by atoms with Crippen LogP contribution in [0.1, 0.15) is 35.6 Å². The van der Waals surface area contributed by atoms with Gasteiger partial charge in [0, 0.05) is 10.0 Å². The average Bonchev–Trinajstić information content (AvgIpc) is 3.07. The lowest BCUT2D eigenvalue weighted by Gasteiger charge is -2.27. The van der Waals surface area contributed by atoms with Crippen molar-refractivity contribution in [2.75, 3.05) is 11.9 Å². The van der Waals surface area contributed by atoms with Crippen LogP contribution >= 0.6 is 15.9 Å². The summed E-state index contributed by atoms with van der Waals surface area (Å²) in [5.41, 5.74) is 3.44. The number of carbonyl (C=O) groups excluding carboxylic acids is 1. The van der Waals surface area contributed by atoms with E-state index in [4.69, 9.17) is 4.74 Å². The lowest BCUT2D eigenvalue weighted by molar-refractivity contribution is -0.118. The maximum Gasteiger partial charge on any atom is 0.263 e. The molecular formula is C22H21BrFN3O2. The second kappa shape index (κ2) is 8.37. The van der Waals surface area contributed by atoms with Crippen molar-refractivity contribution in [3.63, 3.8) is 0 Å². The summed E-state index contributed by atoms with van der Waals surface area (Å²) < 4.78 is 21.7. The van der Waals surface area contributed by atoms with Crippen LogP contribution in [0.25, 0.3) is 0 Å². The standard InChI is InChI=1S/C22H21BrFN3O2/c1-14-12-25-27(19-8-4-6-15-5-2-3-7-17(15)19)22(14)26-21(28)13-29-20-10-9-16(23)11-18(20)24/h2-3,5,7,9-12,19H,4,6,8,13H2,1H3,(H,26,28). The third-order valence-corrected chi connectivity index (χ3v) is 5.62. The molecule has 0 saturated heterocycles. The number of hydrogen-bond donors (Lipinski definition) is 1. The third kappa shape index (κ3) is 4.19. The van der Waals surface area contributed by atoms with E-state index in [1.807, 2.05) is 17.7 Å². The van der Waals surface area contributed by atoms with Crippen LogP contribution in [0.4, 0.5) is 10.2 Å². The van der Waals surface area contributed by atoms with Gasteiger partial charge < -0.3 is 10.1 Å². The molecule has 2 aromatic carbocycles. The van der Waals surface area contributed by atoms with Crippen molar-refractivity contribution in [1.29, 1.82) is 0 Å². The van der Waals surface area contributed by atoms with E-state index >= 15 is 0 Å². The Labute approximate surface area is 177 Å². The lowest BCUT2D eigenvalue weighted by atomic mass is 9.88. The molecule has 150 valence electrons. The quantitative estimate of drug-likeness (QED) is 0.583. The van der Waals surface area contributed by atoms with Crippen LogP contribution in [0.5, 0.6) is 5.75 Å². The molecule has 1 unspecified atom stereocenters. The zero-order valence-electron chi connectivity index (χ0n) is 16.0. The maximum atomic E-state index is 13.9. The fourth-order valence-electron chi connectivity index (χ4n) is 3.73. The van der Waals surface area contributed by atoms with E-state index in [0.29, 0.717) is 10.3 Å². The molecule has 0 bridgehead atoms. The fourth-order valence-corrected chi connectivity index (χ4v) is 4.06. The summed E-state index contributed by atoms with van der Waals surface area (Å²) in [6.07, 6.45) is 4.84. The number of amides is 1. The van der Waals surface area contributed by atoms with Crippen LogP contribution in [0.15, 0.2) is 53.1 Å². The Morgan fingerprint density at radius 3 is 3.00 bits per heavy atom. The Kier molecular flexibility index (Phi) is 5.67. The first kappa shape index (κ1) is 19.6. The van der Waals surface area contributed by atoms with E-state index in [1.54, 1.807) is 12.3 Å². The van der Waals surface area contributed by atoms with Crippen molar-refractivity contribution < 1.29 is 13.9 Å². The van der Waals surface area contributed by atoms with Crippen LogP contribution in [-0.2, 0) is 11.2 Å². The average molecular weight is 458 g/mol. The highest BCUT2D eigenvalue weighted by Gasteiger charge is 2.25. The van der Waals surface area contributed by atoms with Crippen LogP contribution in [0.2, 0.25) is 0 Å². The van der Waals surface area contributed by atoms with Gasteiger partial charge in [0.25, 0.3) is 5.91 Å². The van der Waals surface area contributed by atoms with Crippen LogP contribution in [-0.4, -0.2) is 22.3 Å². The number of aryl methyl sites for hydroxylation is 2. The number of aromatic nitrogens is 2. The molecule has 7 heteroatoms. The van der Waals surface area contributed by atoms with Gasteiger partial charge in [-0.2, -0.15) is 5.10 Å².